The Labute approximate surface area is 210 Å². The van der Waals surface area contributed by atoms with Crippen LogP contribution in [0.15, 0.2) is 59.3 Å². The molecule has 2 aromatic heterocycles. The molecule has 4 aromatic rings. The molecule has 1 amide bonds. The molecule has 36 heavy (non-hydrogen) atoms. The monoisotopic (exact) mass is 507 g/mol. The number of hydrogen-bond donors (Lipinski definition) is 0. The third-order valence-electron chi connectivity index (χ3n) is 6.84. The lowest BCUT2D eigenvalue weighted by Gasteiger charge is -2.31. The standard InChI is InChI=1S/C26H23F2N5O2S/c27-17-4-3-5-18(28)25(17)23-12-20(31-35-23)21-14-36-26(30-21)16-8-10-32(11-9-16)24(34)13-33-15-29-19-6-1-2-7-22(19)33/h1-7,14-16,23H,8-13H2. The third-order valence-corrected chi connectivity index (χ3v) is 7.85. The summed E-state index contributed by atoms with van der Waals surface area (Å²) in [4.78, 5) is 29.3. The van der Waals surface area contributed by atoms with Crippen molar-refractivity contribution >= 4 is 34.0 Å². The van der Waals surface area contributed by atoms with Crippen LogP contribution in [0, 0.1) is 11.6 Å². The van der Waals surface area contributed by atoms with Gasteiger partial charge in [0.25, 0.3) is 0 Å². The summed E-state index contributed by atoms with van der Waals surface area (Å²) in [5, 5.41) is 6.97. The number of imidazole rings is 1. The van der Waals surface area contributed by atoms with E-state index in [0.29, 0.717) is 24.5 Å². The number of nitrogens with zero attached hydrogens (tertiary/aromatic N) is 5. The van der Waals surface area contributed by atoms with Crippen molar-refractivity contribution in [2.75, 3.05) is 13.1 Å². The second kappa shape index (κ2) is 9.42. The van der Waals surface area contributed by atoms with Gasteiger partial charge in [0.1, 0.15) is 23.9 Å². The molecule has 0 spiro atoms. The molecule has 1 unspecified atom stereocenters. The minimum Gasteiger partial charge on any atom is -0.387 e. The van der Waals surface area contributed by atoms with E-state index in [9.17, 15) is 13.6 Å². The first kappa shape index (κ1) is 22.8. The number of rotatable bonds is 5. The van der Waals surface area contributed by atoms with Gasteiger partial charge in [-0.05, 0) is 37.1 Å². The zero-order valence-corrected chi connectivity index (χ0v) is 20.1. The van der Waals surface area contributed by atoms with Gasteiger partial charge in [0.15, 0.2) is 6.10 Å². The van der Waals surface area contributed by atoms with Gasteiger partial charge in [-0.2, -0.15) is 0 Å². The number of para-hydroxylation sites is 2. The number of hydrogen-bond acceptors (Lipinski definition) is 6. The van der Waals surface area contributed by atoms with Crippen molar-refractivity contribution in [2.45, 2.75) is 37.8 Å². The summed E-state index contributed by atoms with van der Waals surface area (Å²) in [6, 6.07) is 11.5. The van der Waals surface area contributed by atoms with Gasteiger partial charge in [-0.25, -0.2) is 18.7 Å². The molecule has 0 aliphatic carbocycles. The van der Waals surface area contributed by atoms with Gasteiger partial charge in [0, 0.05) is 30.8 Å². The second-order valence-electron chi connectivity index (χ2n) is 9.06. The normalized spacial score (nSPS) is 18.4. The summed E-state index contributed by atoms with van der Waals surface area (Å²) < 4.78 is 30.1. The smallest absolute Gasteiger partial charge is 0.242 e. The van der Waals surface area contributed by atoms with E-state index in [2.05, 4.69) is 10.1 Å². The van der Waals surface area contributed by atoms with Crippen LogP contribution in [0.25, 0.3) is 11.0 Å². The lowest BCUT2D eigenvalue weighted by Crippen LogP contribution is -2.39. The van der Waals surface area contributed by atoms with E-state index in [1.54, 1.807) is 17.7 Å². The maximum Gasteiger partial charge on any atom is 0.242 e. The lowest BCUT2D eigenvalue weighted by atomic mass is 9.97. The molecule has 7 nitrogen and oxygen atoms in total. The van der Waals surface area contributed by atoms with Crippen LogP contribution in [-0.2, 0) is 16.2 Å². The Morgan fingerprint density at radius 3 is 2.67 bits per heavy atom. The molecule has 0 N–H and O–H groups in total. The highest BCUT2D eigenvalue weighted by atomic mass is 32.1. The molecule has 10 heteroatoms. The molecule has 0 saturated carbocycles. The number of likely N-dealkylation sites (tertiary alicyclic amines) is 1. The van der Waals surface area contributed by atoms with Gasteiger partial charge < -0.3 is 14.3 Å². The maximum absolute atomic E-state index is 14.1. The molecule has 1 fully saturated rings. The average molecular weight is 508 g/mol. The lowest BCUT2D eigenvalue weighted by molar-refractivity contribution is -0.132. The summed E-state index contributed by atoms with van der Waals surface area (Å²) in [7, 11) is 0. The Hall–Kier alpha value is -3.66. The van der Waals surface area contributed by atoms with Crippen LogP contribution in [0.2, 0.25) is 0 Å². The Morgan fingerprint density at radius 1 is 1.08 bits per heavy atom. The van der Waals surface area contributed by atoms with Gasteiger partial charge in [-0.1, -0.05) is 23.4 Å². The van der Waals surface area contributed by atoms with Gasteiger partial charge in [-0.3, -0.25) is 4.79 Å². The van der Waals surface area contributed by atoms with Gasteiger partial charge in [0.2, 0.25) is 5.91 Å². The molecule has 6 rings (SSSR count). The van der Waals surface area contributed by atoms with Crippen LogP contribution in [0.3, 0.4) is 0 Å². The van der Waals surface area contributed by atoms with Crippen molar-refractivity contribution in [2.24, 2.45) is 5.16 Å². The van der Waals surface area contributed by atoms with Crippen LogP contribution in [-0.4, -0.2) is 44.1 Å². The summed E-state index contributed by atoms with van der Waals surface area (Å²) in [6.07, 6.45) is 2.84. The van der Waals surface area contributed by atoms with E-state index in [0.717, 1.165) is 28.9 Å². The highest BCUT2D eigenvalue weighted by Crippen LogP contribution is 2.35. The Morgan fingerprint density at radius 2 is 1.86 bits per heavy atom. The first-order valence-corrected chi connectivity index (χ1v) is 12.7. The molecule has 1 atom stereocenters. The molecule has 0 radical (unpaired) electrons. The number of carbonyl (C=O) groups excluding carboxylic acids is 1. The summed E-state index contributed by atoms with van der Waals surface area (Å²) in [6.45, 7) is 1.61. The van der Waals surface area contributed by atoms with E-state index in [1.807, 2.05) is 39.1 Å². The Balaban J connectivity index is 1.06. The van der Waals surface area contributed by atoms with Gasteiger partial charge >= 0.3 is 0 Å². The van der Waals surface area contributed by atoms with E-state index in [1.165, 1.54) is 18.2 Å². The number of thiazole rings is 1. The predicted molar refractivity (Wildman–Crippen MR) is 132 cm³/mol. The van der Waals surface area contributed by atoms with E-state index in [-0.39, 0.29) is 30.4 Å². The molecule has 2 aliphatic heterocycles. The topological polar surface area (TPSA) is 72.6 Å². The molecule has 2 aliphatic rings. The maximum atomic E-state index is 14.1. The van der Waals surface area contributed by atoms with Crippen molar-refractivity contribution in [1.82, 2.24) is 19.4 Å². The second-order valence-corrected chi connectivity index (χ2v) is 9.95. The zero-order chi connectivity index (χ0) is 24.6. The first-order chi connectivity index (χ1) is 17.6. The number of oxime groups is 1. The van der Waals surface area contributed by atoms with E-state index < -0.39 is 17.7 Å². The van der Waals surface area contributed by atoms with Crippen LogP contribution in [0.5, 0.6) is 0 Å². The fourth-order valence-electron chi connectivity index (χ4n) is 4.87. The highest BCUT2D eigenvalue weighted by molar-refractivity contribution is 7.10. The number of halogens is 2. The summed E-state index contributed by atoms with van der Waals surface area (Å²) >= 11 is 1.55. The van der Waals surface area contributed by atoms with Crippen LogP contribution in [0.4, 0.5) is 8.78 Å². The van der Waals surface area contributed by atoms with Crippen molar-refractivity contribution < 1.29 is 18.4 Å². The van der Waals surface area contributed by atoms with Crippen LogP contribution in [0.1, 0.15) is 47.5 Å². The summed E-state index contributed by atoms with van der Waals surface area (Å²) in [5.41, 5.74) is 3.00. The molecule has 0 bridgehead atoms. The number of amides is 1. The number of benzene rings is 2. The number of aromatic nitrogens is 3. The molecule has 2 aromatic carbocycles. The number of fused-ring (bicyclic) bond motifs is 1. The van der Waals surface area contributed by atoms with E-state index in [4.69, 9.17) is 9.82 Å². The number of carbonyl (C=O) groups is 1. The fourth-order valence-corrected chi connectivity index (χ4v) is 5.87. The summed E-state index contributed by atoms with van der Waals surface area (Å²) in [5.74, 6) is -0.944. The van der Waals surface area contributed by atoms with Gasteiger partial charge in [0.05, 0.1) is 33.6 Å². The zero-order valence-electron chi connectivity index (χ0n) is 19.3. The van der Waals surface area contributed by atoms with Crippen LogP contribution < -0.4 is 0 Å². The van der Waals surface area contributed by atoms with Crippen molar-refractivity contribution in [1.29, 1.82) is 0 Å². The minimum absolute atomic E-state index is 0.0836. The Kier molecular flexibility index (Phi) is 5.96. The van der Waals surface area contributed by atoms with Crippen molar-refractivity contribution in [3.63, 3.8) is 0 Å². The van der Waals surface area contributed by atoms with E-state index >= 15 is 0 Å². The molecule has 184 valence electrons. The minimum atomic E-state index is -0.798. The molecular formula is C26H23F2N5O2S. The number of piperidine rings is 1. The van der Waals surface area contributed by atoms with Crippen molar-refractivity contribution in [3.8, 4) is 0 Å². The first-order valence-electron chi connectivity index (χ1n) is 11.9. The molecular weight excluding hydrogens is 484 g/mol. The third kappa shape index (κ3) is 4.26. The van der Waals surface area contributed by atoms with Crippen molar-refractivity contribution in [3.05, 3.63) is 82.1 Å². The van der Waals surface area contributed by atoms with Crippen LogP contribution >= 0.6 is 11.3 Å². The molecule has 4 heterocycles. The molecule has 1 saturated heterocycles. The largest absolute Gasteiger partial charge is 0.387 e. The SMILES string of the molecule is O=C(Cn1cnc2ccccc21)N1CCC(c2nc(C3=NOC(c4c(F)cccc4F)C3)cs2)CC1. The average Bonchev–Trinajstić information content (AvgIpc) is 3.65. The quantitative estimate of drug-likeness (QED) is 0.379. The predicted octanol–water partition coefficient (Wildman–Crippen LogP) is 5.04. The highest BCUT2D eigenvalue weighted by Gasteiger charge is 2.31. The Bertz CT molecular complexity index is 1440. The van der Waals surface area contributed by atoms with Gasteiger partial charge in [-0.15, -0.1) is 11.3 Å². The fraction of sp³-hybridized carbons (Fsp3) is 0.308.